The van der Waals surface area contributed by atoms with Crippen molar-refractivity contribution in [3.8, 4) is 0 Å². The van der Waals surface area contributed by atoms with Crippen LogP contribution < -0.4 is 5.32 Å². The van der Waals surface area contributed by atoms with Gasteiger partial charge in [-0.15, -0.1) is 0 Å². The summed E-state index contributed by atoms with van der Waals surface area (Å²) in [5.41, 5.74) is 1.48. The number of nitrogens with zero attached hydrogens (tertiary/aromatic N) is 2. The molecule has 0 bridgehead atoms. The van der Waals surface area contributed by atoms with Crippen LogP contribution in [0.3, 0.4) is 0 Å². The van der Waals surface area contributed by atoms with Gasteiger partial charge in [0.15, 0.2) is 5.82 Å². The Bertz CT molecular complexity index is 529. The molecule has 0 fully saturated rings. The largest absolute Gasteiger partial charge is 0.345 e. The van der Waals surface area contributed by atoms with Gasteiger partial charge in [-0.25, -0.2) is 0 Å². The molecule has 84 valence electrons. The summed E-state index contributed by atoms with van der Waals surface area (Å²) >= 11 is 3.32. The molecule has 0 atom stereocenters. The maximum Gasteiger partial charge on any atom is 0.273 e. The maximum atomic E-state index is 11.9. The number of aryl methyl sites for hydroxylation is 2. The molecule has 2 aromatic heterocycles. The van der Waals surface area contributed by atoms with E-state index in [1.165, 1.54) is 0 Å². The van der Waals surface area contributed by atoms with Crippen LogP contribution in [0.5, 0.6) is 0 Å². The van der Waals surface area contributed by atoms with Crippen LogP contribution in [0.2, 0.25) is 0 Å². The first kappa shape index (κ1) is 10.9. The number of aromatic nitrogens is 3. The fraction of sp³-hybridized carbons (Fsp3) is 0.200. The fourth-order valence-corrected chi connectivity index (χ4v) is 1.94. The predicted octanol–water partition coefficient (Wildman–Crippen LogP) is 2.07. The number of carbonyl (C=O) groups excluding carboxylic acids is 1. The Balaban J connectivity index is 2.17. The fourth-order valence-electron chi connectivity index (χ4n) is 1.41. The van der Waals surface area contributed by atoms with Crippen molar-refractivity contribution in [2.75, 3.05) is 5.32 Å². The molecule has 2 N–H and O–H groups in total. The molecule has 2 rings (SSSR count). The van der Waals surface area contributed by atoms with Gasteiger partial charge in [-0.3, -0.25) is 9.89 Å². The van der Waals surface area contributed by atoms with Crippen LogP contribution in [0.25, 0.3) is 0 Å². The lowest BCUT2D eigenvalue weighted by Gasteiger charge is -2.02. The van der Waals surface area contributed by atoms with Gasteiger partial charge in [-0.2, -0.15) is 5.10 Å². The molecular formula is C10H11BrN4O. The van der Waals surface area contributed by atoms with Crippen LogP contribution in [-0.4, -0.2) is 20.7 Å². The molecule has 0 unspecified atom stereocenters. The van der Waals surface area contributed by atoms with Crippen molar-refractivity contribution in [2.45, 2.75) is 6.92 Å². The Morgan fingerprint density at radius 3 is 2.81 bits per heavy atom. The summed E-state index contributed by atoms with van der Waals surface area (Å²) in [5, 5.41) is 9.41. The van der Waals surface area contributed by atoms with Crippen LogP contribution >= 0.6 is 15.9 Å². The first-order valence-corrected chi connectivity index (χ1v) is 5.51. The maximum absolute atomic E-state index is 11.9. The lowest BCUT2D eigenvalue weighted by molar-refractivity contribution is 0.101. The molecule has 5 nitrogen and oxygen atoms in total. The number of aromatic amines is 1. The number of hydrogen-bond acceptors (Lipinski definition) is 2. The van der Waals surface area contributed by atoms with E-state index in [0.29, 0.717) is 11.5 Å². The monoisotopic (exact) mass is 282 g/mol. The van der Waals surface area contributed by atoms with Gasteiger partial charge < -0.3 is 9.88 Å². The smallest absolute Gasteiger partial charge is 0.273 e. The number of hydrogen-bond donors (Lipinski definition) is 2. The van der Waals surface area contributed by atoms with Gasteiger partial charge in [-0.1, -0.05) is 0 Å². The Morgan fingerprint density at radius 1 is 1.56 bits per heavy atom. The van der Waals surface area contributed by atoms with E-state index >= 15 is 0 Å². The zero-order valence-electron chi connectivity index (χ0n) is 8.91. The molecule has 0 radical (unpaired) electrons. The van der Waals surface area contributed by atoms with E-state index in [9.17, 15) is 4.79 Å². The molecule has 0 aliphatic carbocycles. The lowest BCUT2D eigenvalue weighted by Crippen LogP contribution is -2.15. The first-order valence-electron chi connectivity index (χ1n) is 4.71. The van der Waals surface area contributed by atoms with Crippen LogP contribution in [-0.2, 0) is 7.05 Å². The van der Waals surface area contributed by atoms with Gasteiger partial charge in [0.25, 0.3) is 5.91 Å². The van der Waals surface area contributed by atoms with Crippen LogP contribution in [0.1, 0.15) is 16.2 Å². The summed E-state index contributed by atoms with van der Waals surface area (Å²) in [6.07, 6.45) is 1.82. The number of H-pyrrole nitrogens is 1. The Hall–Kier alpha value is -1.56. The first-order chi connectivity index (χ1) is 7.56. The van der Waals surface area contributed by atoms with Crippen molar-refractivity contribution in [2.24, 2.45) is 7.05 Å². The number of anilines is 1. The second-order valence-corrected chi connectivity index (χ2v) is 4.46. The zero-order chi connectivity index (χ0) is 11.7. The Kier molecular flexibility index (Phi) is 2.82. The normalized spacial score (nSPS) is 10.4. The SMILES string of the molecule is Cc1cc(NC(=O)c2cc(Br)cn2C)n[nH]1. The predicted molar refractivity (Wildman–Crippen MR) is 64.4 cm³/mol. The highest BCUT2D eigenvalue weighted by molar-refractivity contribution is 9.10. The molecule has 6 heteroatoms. The average molecular weight is 283 g/mol. The Labute approximate surface area is 101 Å². The van der Waals surface area contributed by atoms with E-state index in [2.05, 4.69) is 31.4 Å². The summed E-state index contributed by atoms with van der Waals surface area (Å²) in [6, 6.07) is 3.53. The molecule has 2 aromatic rings. The highest BCUT2D eigenvalue weighted by atomic mass is 79.9. The number of amides is 1. The summed E-state index contributed by atoms with van der Waals surface area (Å²) in [6.45, 7) is 1.88. The quantitative estimate of drug-likeness (QED) is 0.886. The summed E-state index contributed by atoms with van der Waals surface area (Å²) in [4.78, 5) is 11.9. The van der Waals surface area contributed by atoms with E-state index in [1.54, 1.807) is 16.7 Å². The van der Waals surface area contributed by atoms with E-state index in [4.69, 9.17) is 0 Å². The van der Waals surface area contributed by atoms with Crippen molar-refractivity contribution in [3.63, 3.8) is 0 Å². The molecule has 16 heavy (non-hydrogen) atoms. The van der Waals surface area contributed by atoms with Crippen molar-refractivity contribution in [1.82, 2.24) is 14.8 Å². The zero-order valence-corrected chi connectivity index (χ0v) is 10.5. The molecule has 1 amide bonds. The summed E-state index contributed by atoms with van der Waals surface area (Å²) in [7, 11) is 1.81. The third-order valence-corrected chi connectivity index (χ3v) is 2.59. The molecule has 0 saturated heterocycles. The number of halogens is 1. The third kappa shape index (κ3) is 2.16. The lowest BCUT2D eigenvalue weighted by atomic mass is 10.4. The molecule has 0 spiro atoms. The number of rotatable bonds is 2. The number of nitrogens with one attached hydrogen (secondary N) is 2. The summed E-state index contributed by atoms with van der Waals surface area (Å²) in [5.74, 6) is 0.347. The Morgan fingerprint density at radius 2 is 2.31 bits per heavy atom. The van der Waals surface area contributed by atoms with E-state index in [0.717, 1.165) is 10.2 Å². The van der Waals surface area contributed by atoms with Crippen molar-refractivity contribution >= 4 is 27.7 Å². The standard InChI is InChI=1S/C10H11BrN4O/c1-6-3-9(14-13-6)12-10(16)8-4-7(11)5-15(8)2/h3-5H,1-2H3,(H2,12,13,14,16). The molecule has 0 saturated carbocycles. The van der Waals surface area contributed by atoms with Crippen molar-refractivity contribution < 1.29 is 4.79 Å². The molecule has 0 aliphatic rings. The van der Waals surface area contributed by atoms with Gasteiger partial charge in [-0.05, 0) is 28.9 Å². The van der Waals surface area contributed by atoms with E-state index < -0.39 is 0 Å². The van der Waals surface area contributed by atoms with Gasteiger partial charge in [0.05, 0.1) is 0 Å². The number of carbonyl (C=O) groups is 1. The van der Waals surface area contributed by atoms with Crippen LogP contribution in [0.4, 0.5) is 5.82 Å². The minimum Gasteiger partial charge on any atom is -0.345 e. The molecule has 0 aromatic carbocycles. The van der Waals surface area contributed by atoms with Crippen molar-refractivity contribution in [3.05, 3.63) is 34.2 Å². The molecule has 0 aliphatic heterocycles. The molecule has 2 heterocycles. The highest BCUT2D eigenvalue weighted by Crippen LogP contribution is 2.15. The topological polar surface area (TPSA) is 62.7 Å². The van der Waals surface area contributed by atoms with E-state index in [-0.39, 0.29) is 5.91 Å². The highest BCUT2D eigenvalue weighted by Gasteiger charge is 2.12. The minimum absolute atomic E-state index is 0.181. The second kappa shape index (κ2) is 4.13. The average Bonchev–Trinajstić information content (AvgIpc) is 2.73. The van der Waals surface area contributed by atoms with E-state index in [1.807, 2.05) is 20.2 Å². The molecular weight excluding hydrogens is 272 g/mol. The third-order valence-electron chi connectivity index (χ3n) is 2.15. The van der Waals surface area contributed by atoms with Crippen molar-refractivity contribution in [1.29, 1.82) is 0 Å². The van der Waals surface area contributed by atoms with Crippen LogP contribution in [0, 0.1) is 6.92 Å². The second-order valence-electron chi connectivity index (χ2n) is 3.54. The van der Waals surface area contributed by atoms with Crippen LogP contribution in [0.15, 0.2) is 22.8 Å². The van der Waals surface area contributed by atoms with Gasteiger partial charge in [0.2, 0.25) is 0 Å². The minimum atomic E-state index is -0.181. The van der Waals surface area contributed by atoms with Gasteiger partial charge in [0, 0.05) is 29.5 Å². The van der Waals surface area contributed by atoms with Gasteiger partial charge >= 0.3 is 0 Å². The van der Waals surface area contributed by atoms with Gasteiger partial charge in [0.1, 0.15) is 5.69 Å². The summed E-state index contributed by atoms with van der Waals surface area (Å²) < 4.78 is 2.62.